The first-order chi connectivity index (χ1) is 19.0. The monoisotopic (exact) mass is 553 g/mol. The Morgan fingerprint density at radius 2 is 1.52 bits per heavy atom. The fourth-order valence-corrected chi connectivity index (χ4v) is 7.08. The van der Waals surface area contributed by atoms with E-state index in [1.807, 2.05) is 18.2 Å². The Labute approximate surface area is 232 Å². The summed E-state index contributed by atoms with van der Waals surface area (Å²) >= 11 is 0. The normalized spacial score (nSPS) is 22.2. The number of benzene rings is 3. The lowest BCUT2D eigenvalue weighted by Gasteiger charge is -2.42. The number of nitrogens with zero attached hydrogens (tertiary/aromatic N) is 1. The van der Waals surface area contributed by atoms with Gasteiger partial charge in [-0.2, -0.15) is 13.2 Å². The summed E-state index contributed by atoms with van der Waals surface area (Å²) in [6.07, 6.45) is -0.917. The van der Waals surface area contributed by atoms with Gasteiger partial charge in [-0.3, -0.25) is 9.69 Å². The number of hydrogen-bond donors (Lipinski definition) is 1. The molecule has 1 N–H and O–H groups in total. The first-order valence-electron chi connectivity index (χ1n) is 14.0. The lowest BCUT2D eigenvalue weighted by atomic mass is 9.73. The molecule has 2 fully saturated rings. The molecule has 7 heteroatoms. The molecule has 3 aromatic carbocycles. The number of halogens is 4. The minimum Gasteiger partial charge on any atom is -0.481 e. The summed E-state index contributed by atoms with van der Waals surface area (Å²) in [5.74, 6) is -0.418. The molecular formula is C33H35F4NO2. The third-order valence-electron chi connectivity index (χ3n) is 8.72. The van der Waals surface area contributed by atoms with Crippen molar-refractivity contribution in [1.29, 1.82) is 0 Å². The van der Waals surface area contributed by atoms with E-state index in [1.54, 1.807) is 12.1 Å². The fraction of sp³-hybridized carbons (Fsp3) is 0.424. The van der Waals surface area contributed by atoms with E-state index in [4.69, 9.17) is 0 Å². The Hall–Kier alpha value is -3.19. The van der Waals surface area contributed by atoms with Crippen LogP contribution >= 0.6 is 0 Å². The quantitative estimate of drug-likeness (QED) is 0.311. The number of likely N-dealkylation sites (tertiary alicyclic amines) is 1. The Morgan fingerprint density at radius 3 is 2.08 bits per heavy atom. The van der Waals surface area contributed by atoms with E-state index in [0.29, 0.717) is 41.4 Å². The maximum atomic E-state index is 14.0. The van der Waals surface area contributed by atoms with Crippen molar-refractivity contribution in [3.05, 3.63) is 94.8 Å². The molecule has 1 saturated carbocycles. The van der Waals surface area contributed by atoms with Crippen molar-refractivity contribution >= 4 is 5.97 Å². The smallest absolute Gasteiger partial charge is 0.416 e. The number of piperidine rings is 1. The van der Waals surface area contributed by atoms with Crippen LogP contribution in [0.5, 0.6) is 0 Å². The van der Waals surface area contributed by atoms with Gasteiger partial charge in [-0.25, -0.2) is 4.39 Å². The van der Waals surface area contributed by atoms with Crippen LogP contribution in [0.2, 0.25) is 0 Å². The minimum absolute atomic E-state index is 0.324. The van der Waals surface area contributed by atoms with Crippen LogP contribution in [0.25, 0.3) is 11.1 Å². The Kier molecular flexibility index (Phi) is 7.79. The third-order valence-corrected chi connectivity index (χ3v) is 8.72. The predicted molar refractivity (Wildman–Crippen MR) is 147 cm³/mol. The zero-order valence-corrected chi connectivity index (χ0v) is 22.8. The van der Waals surface area contributed by atoms with Crippen LogP contribution in [-0.4, -0.2) is 29.1 Å². The average molecular weight is 554 g/mol. The van der Waals surface area contributed by atoms with E-state index in [0.717, 1.165) is 55.6 Å². The molecule has 0 amide bonds. The summed E-state index contributed by atoms with van der Waals surface area (Å²) in [5, 5.41) is 10.5. The van der Waals surface area contributed by atoms with E-state index < -0.39 is 23.1 Å². The second kappa shape index (κ2) is 11.0. The van der Waals surface area contributed by atoms with Gasteiger partial charge in [-0.1, -0.05) is 69.2 Å². The van der Waals surface area contributed by atoms with Crippen LogP contribution in [0.1, 0.15) is 74.2 Å². The molecule has 0 aromatic heterocycles. The number of hydrogen-bond acceptors (Lipinski definition) is 2. The number of rotatable bonds is 6. The molecule has 1 heterocycles. The summed E-state index contributed by atoms with van der Waals surface area (Å²) in [6, 6.07) is 16.8. The zero-order valence-electron chi connectivity index (χ0n) is 22.8. The first-order valence-corrected chi connectivity index (χ1v) is 14.0. The number of carbonyl (C=O) groups is 1. The van der Waals surface area contributed by atoms with E-state index in [9.17, 15) is 27.5 Å². The average Bonchev–Trinajstić information content (AvgIpc) is 3.40. The van der Waals surface area contributed by atoms with E-state index in [-0.39, 0.29) is 11.9 Å². The van der Waals surface area contributed by atoms with Gasteiger partial charge in [0.2, 0.25) is 0 Å². The molecule has 0 spiro atoms. The summed E-state index contributed by atoms with van der Waals surface area (Å²) in [4.78, 5) is 15.2. The Balaban J connectivity index is 1.77. The largest absolute Gasteiger partial charge is 0.481 e. The number of carboxylic acids is 1. The summed E-state index contributed by atoms with van der Waals surface area (Å²) in [6.45, 7) is 6.01. The molecule has 1 saturated heterocycles. The third kappa shape index (κ3) is 5.40. The van der Waals surface area contributed by atoms with Gasteiger partial charge in [-0.05, 0) is 83.2 Å². The van der Waals surface area contributed by atoms with Gasteiger partial charge in [0.05, 0.1) is 17.0 Å². The van der Waals surface area contributed by atoms with Gasteiger partial charge in [0.25, 0.3) is 0 Å². The molecular weight excluding hydrogens is 518 g/mol. The van der Waals surface area contributed by atoms with Crippen LogP contribution in [0.4, 0.5) is 17.6 Å². The zero-order chi connectivity index (χ0) is 28.7. The van der Waals surface area contributed by atoms with Crippen LogP contribution in [0.3, 0.4) is 0 Å². The molecule has 2 aliphatic rings. The van der Waals surface area contributed by atoms with Crippen molar-refractivity contribution in [2.24, 2.45) is 11.8 Å². The van der Waals surface area contributed by atoms with E-state index >= 15 is 0 Å². The van der Waals surface area contributed by atoms with Gasteiger partial charge < -0.3 is 5.11 Å². The van der Waals surface area contributed by atoms with Gasteiger partial charge >= 0.3 is 12.1 Å². The van der Waals surface area contributed by atoms with Crippen molar-refractivity contribution in [2.45, 2.75) is 63.6 Å². The predicted octanol–water partition coefficient (Wildman–Crippen LogP) is 8.48. The molecule has 0 bridgehead atoms. The van der Waals surface area contributed by atoms with E-state index in [1.165, 1.54) is 24.3 Å². The van der Waals surface area contributed by atoms with Crippen LogP contribution in [0.15, 0.2) is 66.7 Å². The first kappa shape index (κ1) is 28.3. The van der Waals surface area contributed by atoms with E-state index in [2.05, 4.69) is 18.7 Å². The number of alkyl halides is 3. The Morgan fingerprint density at radius 1 is 0.925 bits per heavy atom. The summed E-state index contributed by atoms with van der Waals surface area (Å²) in [5.41, 5.74) is 1.68. The standard InChI is InChI=1S/C33H35F4NO2/c1-21-18-22(2)20-38(19-21)30(24-10-14-26(34)15-11-24)27-6-5-7-28(32(31(39)40)16-3-4-17-32)29(27)23-8-12-25(13-9-23)33(35,36)37/h5-15,21-22,30H,3-4,16-20H2,1-2H3,(H,39,40). The van der Waals surface area contributed by atoms with Gasteiger partial charge in [0.15, 0.2) is 0 Å². The molecule has 40 heavy (non-hydrogen) atoms. The molecule has 0 radical (unpaired) electrons. The van der Waals surface area contributed by atoms with Crippen molar-refractivity contribution in [3.63, 3.8) is 0 Å². The second-order valence-corrected chi connectivity index (χ2v) is 11.8. The molecule has 212 valence electrons. The van der Waals surface area contributed by atoms with Crippen molar-refractivity contribution < 1.29 is 27.5 Å². The molecule has 5 rings (SSSR count). The number of aliphatic carboxylic acids is 1. The van der Waals surface area contributed by atoms with Crippen molar-refractivity contribution in [2.75, 3.05) is 13.1 Å². The van der Waals surface area contributed by atoms with Crippen LogP contribution in [0, 0.1) is 17.7 Å². The van der Waals surface area contributed by atoms with Crippen molar-refractivity contribution in [1.82, 2.24) is 4.90 Å². The second-order valence-electron chi connectivity index (χ2n) is 11.8. The lowest BCUT2D eigenvalue weighted by Crippen LogP contribution is -2.42. The van der Waals surface area contributed by atoms with Crippen LogP contribution in [-0.2, 0) is 16.4 Å². The molecule has 3 atom stereocenters. The highest BCUT2D eigenvalue weighted by Gasteiger charge is 2.45. The summed E-state index contributed by atoms with van der Waals surface area (Å²) in [7, 11) is 0. The van der Waals surface area contributed by atoms with Gasteiger partial charge in [0.1, 0.15) is 5.82 Å². The molecule has 3 unspecified atom stereocenters. The molecule has 1 aliphatic carbocycles. The molecule has 3 aromatic rings. The fourth-order valence-electron chi connectivity index (χ4n) is 7.08. The minimum atomic E-state index is -4.48. The Bertz CT molecular complexity index is 1330. The van der Waals surface area contributed by atoms with Gasteiger partial charge in [0, 0.05) is 13.1 Å². The maximum absolute atomic E-state index is 14.0. The topological polar surface area (TPSA) is 40.5 Å². The van der Waals surface area contributed by atoms with Crippen molar-refractivity contribution in [3.8, 4) is 11.1 Å². The highest BCUT2D eigenvalue weighted by molar-refractivity contribution is 5.87. The number of carboxylic acid groups (broad SMARTS) is 1. The molecule has 3 nitrogen and oxygen atoms in total. The highest BCUT2D eigenvalue weighted by atomic mass is 19.4. The highest BCUT2D eigenvalue weighted by Crippen LogP contribution is 2.49. The summed E-state index contributed by atoms with van der Waals surface area (Å²) < 4.78 is 54.5. The maximum Gasteiger partial charge on any atom is 0.416 e. The molecule has 1 aliphatic heterocycles. The van der Waals surface area contributed by atoms with Gasteiger partial charge in [-0.15, -0.1) is 0 Å². The van der Waals surface area contributed by atoms with Crippen LogP contribution < -0.4 is 0 Å². The lowest BCUT2D eigenvalue weighted by molar-refractivity contribution is -0.143. The SMILES string of the molecule is CC1CC(C)CN(C(c2ccc(F)cc2)c2cccc(C3(C(=O)O)CCCC3)c2-c2ccc(C(F)(F)F)cc2)C1.